The first-order chi connectivity index (χ1) is 8.69. The van der Waals surface area contributed by atoms with Gasteiger partial charge in [-0.3, -0.25) is 4.98 Å². The maximum Gasteiger partial charge on any atom is 0.0603 e. The molecule has 2 nitrogen and oxygen atoms in total. The van der Waals surface area contributed by atoms with Crippen molar-refractivity contribution in [3.63, 3.8) is 0 Å². The predicted octanol–water partition coefficient (Wildman–Crippen LogP) is 4.14. The average Bonchev–Trinajstić information content (AvgIpc) is 2.40. The van der Waals surface area contributed by atoms with Crippen LogP contribution < -0.4 is 5.73 Å². The molecule has 2 rings (SSSR count). The molecule has 0 fully saturated rings. The van der Waals surface area contributed by atoms with E-state index in [4.69, 9.17) is 28.9 Å². The fourth-order valence-electron chi connectivity index (χ4n) is 1.46. The highest BCUT2D eigenvalue weighted by Gasteiger charge is 2.02. The highest BCUT2D eigenvalue weighted by Crippen LogP contribution is 2.29. The van der Waals surface area contributed by atoms with Crippen molar-refractivity contribution in [3.8, 4) is 0 Å². The maximum atomic E-state index is 5.97. The molecule has 94 valence electrons. The molecule has 2 N–H and O–H groups in total. The Morgan fingerprint density at radius 1 is 1.11 bits per heavy atom. The summed E-state index contributed by atoms with van der Waals surface area (Å²) in [6.07, 6.45) is 1.78. The van der Waals surface area contributed by atoms with Gasteiger partial charge in [0, 0.05) is 23.4 Å². The molecule has 1 aromatic carbocycles. The number of halogens is 2. The zero-order valence-corrected chi connectivity index (χ0v) is 11.9. The lowest BCUT2D eigenvalue weighted by molar-refractivity contribution is 0.983. The van der Waals surface area contributed by atoms with E-state index in [0.717, 1.165) is 16.3 Å². The van der Waals surface area contributed by atoms with Crippen molar-refractivity contribution in [1.82, 2.24) is 4.98 Å². The smallest absolute Gasteiger partial charge is 0.0603 e. The Balaban J connectivity index is 2.04. The van der Waals surface area contributed by atoms with Crippen LogP contribution in [0.4, 0.5) is 0 Å². The van der Waals surface area contributed by atoms with Crippen LogP contribution in [0, 0.1) is 0 Å². The standard InChI is InChI=1S/C13H12Cl2N2S/c14-12-2-1-11(6-13(12)15)18-8-9-3-4-17-10(5-9)7-16/h1-6H,7-8,16H2. The molecule has 0 bridgehead atoms. The third-order valence-corrected chi connectivity index (χ3v) is 4.19. The molecule has 2 aromatic rings. The van der Waals surface area contributed by atoms with Gasteiger partial charge in [0.1, 0.15) is 0 Å². The fourth-order valence-corrected chi connectivity index (χ4v) is 2.70. The van der Waals surface area contributed by atoms with Gasteiger partial charge in [-0.05, 0) is 35.9 Å². The van der Waals surface area contributed by atoms with Gasteiger partial charge in [-0.1, -0.05) is 23.2 Å². The highest BCUT2D eigenvalue weighted by atomic mass is 35.5. The second-order valence-corrected chi connectivity index (χ2v) is 5.59. The Morgan fingerprint density at radius 3 is 2.67 bits per heavy atom. The number of hydrogen-bond donors (Lipinski definition) is 1. The summed E-state index contributed by atoms with van der Waals surface area (Å²) in [6.45, 7) is 0.464. The van der Waals surface area contributed by atoms with E-state index in [1.807, 2.05) is 30.3 Å². The Kier molecular flexibility index (Phi) is 4.89. The van der Waals surface area contributed by atoms with Crippen LogP contribution in [-0.4, -0.2) is 4.98 Å². The topological polar surface area (TPSA) is 38.9 Å². The number of pyridine rings is 1. The SMILES string of the molecule is NCc1cc(CSc2ccc(Cl)c(Cl)c2)ccn1. The molecule has 0 spiro atoms. The van der Waals surface area contributed by atoms with Crippen molar-refractivity contribution >= 4 is 35.0 Å². The zero-order chi connectivity index (χ0) is 13.0. The molecule has 1 aromatic heterocycles. The van der Waals surface area contributed by atoms with Crippen LogP contribution in [0.5, 0.6) is 0 Å². The second-order valence-electron chi connectivity index (χ2n) is 3.72. The van der Waals surface area contributed by atoms with Gasteiger partial charge in [-0.15, -0.1) is 11.8 Å². The molecule has 0 aliphatic rings. The predicted molar refractivity (Wildman–Crippen MR) is 78.2 cm³/mol. The minimum atomic E-state index is 0.464. The molecule has 0 unspecified atom stereocenters. The summed E-state index contributed by atoms with van der Waals surface area (Å²) in [7, 11) is 0. The van der Waals surface area contributed by atoms with Crippen LogP contribution in [-0.2, 0) is 12.3 Å². The van der Waals surface area contributed by atoms with Gasteiger partial charge in [-0.25, -0.2) is 0 Å². The molecule has 0 atom stereocenters. The summed E-state index contributed by atoms with van der Waals surface area (Å²) in [5.74, 6) is 0.855. The van der Waals surface area contributed by atoms with Gasteiger partial charge in [0.15, 0.2) is 0 Å². The van der Waals surface area contributed by atoms with Crippen molar-refractivity contribution in [2.24, 2.45) is 5.73 Å². The average molecular weight is 299 g/mol. The monoisotopic (exact) mass is 298 g/mol. The highest BCUT2D eigenvalue weighted by molar-refractivity contribution is 7.98. The first-order valence-corrected chi connectivity index (χ1v) is 7.15. The lowest BCUT2D eigenvalue weighted by Gasteiger charge is -2.04. The minimum absolute atomic E-state index is 0.464. The first kappa shape index (κ1) is 13.7. The van der Waals surface area contributed by atoms with Gasteiger partial charge in [-0.2, -0.15) is 0 Å². The van der Waals surface area contributed by atoms with Crippen molar-refractivity contribution in [1.29, 1.82) is 0 Å². The van der Waals surface area contributed by atoms with E-state index in [1.54, 1.807) is 18.0 Å². The zero-order valence-electron chi connectivity index (χ0n) is 9.57. The Bertz CT molecular complexity index is 546. The van der Waals surface area contributed by atoms with Crippen LogP contribution in [0.3, 0.4) is 0 Å². The minimum Gasteiger partial charge on any atom is -0.325 e. The molecular weight excluding hydrogens is 287 g/mol. The number of benzene rings is 1. The molecule has 18 heavy (non-hydrogen) atoms. The third-order valence-electron chi connectivity index (χ3n) is 2.39. The van der Waals surface area contributed by atoms with E-state index in [-0.39, 0.29) is 0 Å². The summed E-state index contributed by atoms with van der Waals surface area (Å²) in [5.41, 5.74) is 7.66. The Morgan fingerprint density at radius 2 is 1.94 bits per heavy atom. The molecular formula is C13H12Cl2N2S. The largest absolute Gasteiger partial charge is 0.325 e. The lowest BCUT2D eigenvalue weighted by atomic mass is 10.2. The van der Waals surface area contributed by atoms with E-state index in [0.29, 0.717) is 16.6 Å². The molecule has 0 saturated carbocycles. The van der Waals surface area contributed by atoms with Crippen LogP contribution in [0.15, 0.2) is 41.4 Å². The quantitative estimate of drug-likeness (QED) is 0.862. The van der Waals surface area contributed by atoms with Crippen LogP contribution in [0.2, 0.25) is 10.0 Å². The summed E-state index contributed by atoms with van der Waals surface area (Å²) < 4.78 is 0. The van der Waals surface area contributed by atoms with Gasteiger partial charge < -0.3 is 5.73 Å². The van der Waals surface area contributed by atoms with Crippen molar-refractivity contribution in [3.05, 3.63) is 57.8 Å². The second kappa shape index (κ2) is 6.43. The van der Waals surface area contributed by atoms with E-state index < -0.39 is 0 Å². The van der Waals surface area contributed by atoms with E-state index in [1.165, 1.54) is 5.56 Å². The van der Waals surface area contributed by atoms with Crippen LogP contribution in [0.25, 0.3) is 0 Å². The Hall–Kier alpha value is -0.740. The maximum absolute atomic E-state index is 5.97. The summed E-state index contributed by atoms with van der Waals surface area (Å²) >= 11 is 13.5. The number of hydrogen-bond acceptors (Lipinski definition) is 3. The van der Waals surface area contributed by atoms with E-state index >= 15 is 0 Å². The van der Waals surface area contributed by atoms with Crippen molar-refractivity contribution in [2.45, 2.75) is 17.2 Å². The van der Waals surface area contributed by atoms with Gasteiger partial charge in [0.2, 0.25) is 0 Å². The number of rotatable bonds is 4. The van der Waals surface area contributed by atoms with Crippen molar-refractivity contribution in [2.75, 3.05) is 0 Å². The molecule has 0 amide bonds. The molecule has 0 aliphatic carbocycles. The number of thioether (sulfide) groups is 1. The fraction of sp³-hybridized carbons (Fsp3) is 0.154. The molecule has 0 radical (unpaired) electrons. The Labute approximate surface area is 121 Å². The summed E-state index contributed by atoms with van der Waals surface area (Å²) in [4.78, 5) is 5.26. The van der Waals surface area contributed by atoms with Crippen molar-refractivity contribution < 1.29 is 0 Å². The van der Waals surface area contributed by atoms with Gasteiger partial charge in [0.25, 0.3) is 0 Å². The van der Waals surface area contributed by atoms with Gasteiger partial charge >= 0.3 is 0 Å². The van der Waals surface area contributed by atoms with Crippen LogP contribution in [0.1, 0.15) is 11.3 Å². The number of nitrogens with zero attached hydrogens (tertiary/aromatic N) is 1. The number of nitrogens with two attached hydrogens (primary N) is 1. The first-order valence-electron chi connectivity index (χ1n) is 5.41. The van der Waals surface area contributed by atoms with E-state index in [2.05, 4.69) is 4.98 Å². The van der Waals surface area contributed by atoms with Gasteiger partial charge in [0.05, 0.1) is 15.7 Å². The molecule has 0 saturated heterocycles. The molecule has 5 heteroatoms. The third kappa shape index (κ3) is 3.62. The van der Waals surface area contributed by atoms with E-state index in [9.17, 15) is 0 Å². The van der Waals surface area contributed by atoms with Crippen LogP contribution >= 0.6 is 35.0 Å². The normalized spacial score (nSPS) is 10.6. The number of aromatic nitrogens is 1. The summed E-state index contributed by atoms with van der Waals surface area (Å²) in [5, 5.41) is 1.16. The molecule has 0 aliphatic heterocycles. The molecule has 1 heterocycles. The summed E-state index contributed by atoms with van der Waals surface area (Å²) in [6, 6.07) is 9.65. The lowest BCUT2D eigenvalue weighted by Crippen LogP contribution is -1.99.